The van der Waals surface area contributed by atoms with Gasteiger partial charge >= 0.3 is 0 Å². The van der Waals surface area contributed by atoms with Crippen LogP contribution in [-0.2, 0) is 23.3 Å². The van der Waals surface area contributed by atoms with Crippen molar-refractivity contribution in [1.82, 2.24) is 4.90 Å². The minimum absolute atomic E-state index is 0.0515. The molecule has 6 heteroatoms. The molecule has 42 heavy (non-hydrogen) atoms. The predicted octanol–water partition coefficient (Wildman–Crippen LogP) is 6.21. The van der Waals surface area contributed by atoms with Gasteiger partial charge in [0.15, 0.2) is 11.0 Å². The maximum Gasteiger partial charge on any atom is 0.291 e. The Bertz CT molecular complexity index is 1980. The van der Waals surface area contributed by atoms with E-state index in [1.165, 1.54) is 0 Å². The third kappa shape index (κ3) is 3.68. The van der Waals surface area contributed by atoms with Crippen LogP contribution in [0.1, 0.15) is 49.5 Å². The summed E-state index contributed by atoms with van der Waals surface area (Å²) in [5, 5.41) is 0.372. The highest BCUT2D eigenvalue weighted by molar-refractivity contribution is 6.17. The van der Waals surface area contributed by atoms with Gasteiger partial charge in [-0.05, 0) is 67.6 Å². The summed E-state index contributed by atoms with van der Waals surface area (Å²) in [6.45, 7) is 6.44. The number of anilines is 1. The lowest BCUT2D eigenvalue weighted by atomic mass is 9.83. The number of amides is 2. The van der Waals surface area contributed by atoms with E-state index >= 15 is 0 Å². The van der Waals surface area contributed by atoms with Gasteiger partial charge in [-0.25, -0.2) is 0 Å². The van der Waals surface area contributed by atoms with Crippen molar-refractivity contribution < 1.29 is 14.0 Å². The Kier molecular flexibility index (Phi) is 5.91. The van der Waals surface area contributed by atoms with Gasteiger partial charge in [0.05, 0.1) is 23.2 Å². The second-order valence-electron chi connectivity index (χ2n) is 11.4. The second-order valence-corrected chi connectivity index (χ2v) is 11.4. The van der Waals surface area contributed by atoms with Gasteiger partial charge in [0, 0.05) is 12.1 Å². The molecule has 0 N–H and O–H groups in total. The van der Waals surface area contributed by atoms with Crippen molar-refractivity contribution in [1.29, 1.82) is 0 Å². The number of hydrogen-bond donors (Lipinski definition) is 0. The van der Waals surface area contributed by atoms with Gasteiger partial charge in [0.25, 0.3) is 11.8 Å². The normalized spacial score (nSPS) is 17.4. The Morgan fingerprint density at radius 2 is 1.48 bits per heavy atom. The maximum absolute atomic E-state index is 15.0. The average Bonchev–Trinajstić information content (AvgIpc) is 3.38. The molecule has 0 saturated heterocycles. The molecule has 0 fully saturated rings. The predicted molar refractivity (Wildman–Crippen MR) is 163 cm³/mol. The summed E-state index contributed by atoms with van der Waals surface area (Å²) in [6, 6.07) is 29.0. The monoisotopic (exact) mass is 554 g/mol. The molecule has 208 valence electrons. The molecule has 3 heterocycles. The van der Waals surface area contributed by atoms with Crippen molar-refractivity contribution in [3.63, 3.8) is 0 Å². The van der Waals surface area contributed by atoms with E-state index in [4.69, 9.17) is 4.42 Å². The zero-order valence-electron chi connectivity index (χ0n) is 23.8. The summed E-state index contributed by atoms with van der Waals surface area (Å²) < 4.78 is 6.27. The van der Waals surface area contributed by atoms with E-state index in [-0.39, 0.29) is 29.2 Å². The Morgan fingerprint density at radius 1 is 0.762 bits per heavy atom. The van der Waals surface area contributed by atoms with E-state index in [0.717, 1.165) is 27.8 Å². The molecule has 1 unspecified atom stereocenters. The standard InChI is InChI=1S/C36H30N2O4/c1-22-10-9-13-26(18-22)21-37-29-15-8-7-14-28(29)36(35(37)41)31-32(39)27-19-23(2)24(3)20-30(27)42-33(31)34(40)38(36)17-16-25-11-5-4-6-12-25/h4-15,18-20H,16-17,21H2,1-3H3. The SMILES string of the molecule is Cc1cccc(CN2C(=O)C3(c4ccccc42)c2c(oc4cc(C)c(C)cc4c2=O)C(=O)N3CCc2ccccc2)c1. The van der Waals surface area contributed by atoms with Crippen LogP contribution in [-0.4, -0.2) is 23.3 Å². The van der Waals surface area contributed by atoms with Gasteiger partial charge in [-0.2, -0.15) is 0 Å². The number of nitrogens with zero attached hydrogens (tertiary/aromatic N) is 2. The summed E-state index contributed by atoms with van der Waals surface area (Å²) in [6.07, 6.45) is 0.515. The van der Waals surface area contributed by atoms with E-state index < -0.39 is 11.4 Å². The number of aryl methyl sites for hydroxylation is 3. The van der Waals surface area contributed by atoms with Crippen LogP contribution in [0.3, 0.4) is 0 Å². The van der Waals surface area contributed by atoms with Gasteiger partial charge in [0.2, 0.25) is 5.76 Å². The number of hydrogen-bond acceptors (Lipinski definition) is 4. The number of benzene rings is 4. The molecule has 6 nitrogen and oxygen atoms in total. The third-order valence-electron chi connectivity index (χ3n) is 8.74. The van der Waals surface area contributed by atoms with Crippen LogP contribution in [0.4, 0.5) is 5.69 Å². The minimum atomic E-state index is -1.63. The Hall–Kier alpha value is -4.97. The Morgan fingerprint density at radius 3 is 2.26 bits per heavy atom. The molecule has 2 aliphatic heterocycles. The van der Waals surface area contributed by atoms with E-state index in [2.05, 4.69) is 6.07 Å². The number of carbonyl (C=O) groups is 2. The largest absolute Gasteiger partial charge is 0.450 e. The smallest absolute Gasteiger partial charge is 0.291 e. The molecule has 1 aromatic heterocycles. The lowest BCUT2D eigenvalue weighted by Gasteiger charge is -2.34. The zero-order valence-corrected chi connectivity index (χ0v) is 23.8. The first-order valence-electron chi connectivity index (χ1n) is 14.2. The number of carbonyl (C=O) groups excluding carboxylic acids is 2. The maximum atomic E-state index is 15.0. The number of fused-ring (bicyclic) bond motifs is 5. The molecular formula is C36H30N2O4. The molecule has 0 aliphatic carbocycles. The molecular weight excluding hydrogens is 524 g/mol. The number of rotatable bonds is 5. The lowest BCUT2D eigenvalue weighted by molar-refractivity contribution is -0.126. The quantitative estimate of drug-likeness (QED) is 0.259. The van der Waals surface area contributed by atoms with E-state index in [1.807, 2.05) is 93.6 Å². The van der Waals surface area contributed by atoms with Crippen LogP contribution in [0.15, 0.2) is 100 Å². The first kappa shape index (κ1) is 26.0. The Balaban J connectivity index is 1.48. The highest BCUT2D eigenvalue weighted by atomic mass is 16.3. The van der Waals surface area contributed by atoms with Crippen molar-refractivity contribution >= 4 is 28.5 Å². The lowest BCUT2D eigenvalue weighted by Crippen LogP contribution is -2.53. The van der Waals surface area contributed by atoms with E-state index in [0.29, 0.717) is 35.2 Å². The van der Waals surface area contributed by atoms with Gasteiger partial charge in [-0.1, -0.05) is 78.4 Å². The molecule has 1 spiro atoms. The molecule has 0 bridgehead atoms. The molecule has 1 atom stereocenters. The molecule has 4 aromatic carbocycles. The first-order chi connectivity index (χ1) is 20.3. The van der Waals surface area contributed by atoms with Crippen molar-refractivity contribution in [2.24, 2.45) is 0 Å². The summed E-state index contributed by atoms with van der Waals surface area (Å²) in [5.41, 5.74) is 4.78. The average molecular weight is 555 g/mol. The van der Waals surface area contributed by atoms with E-state index in [1.54, 1.807) is 21.9 Å². The van der Waals surface area contributed by atoms with Gasteiger partial charge in [-0.15, -0.1) is 0 Å². The van der Waals surface area contributed by atoms with Crippen molar-refractivity contribution in [3.05, 3.63) is 146 Å². The van der Waals surface area contributed by atoms with Crippen molar-refractivity contribution in [2.45, 2.75) is 39.3 Å². The van der Waals surface area contributed by atoms with Crippen molar-refractivity contribution in [2.75, 3.05) is 11.4 Å². The van der Waals surface area contributed by atoms with Gasteiger partial charge in [-0.3, -0.25) is 14.4 Å². The molecule has 5 aromatic rings. The fourth-order valence-electron chi connectivity index (χ4n) is 6.58. The molecule has 7 rings (SSSR count). The summed E-state index contributed by atoms with van der Waals surface area (Å²) in [4.78, 5) is 47.0. The minimum Gasteiger partial charge on any atom is -0.450 e. The fourth-order valence-corrected chi connectivity index (χ4v) is 6.58. The summed E-state index contributed by atoms with van der Waals surface area (Å²) in [5.74, 6) is -0.816. The molecule has 2 aliphatic rings. The fraction of sp³-hybridized carbons (Fsp3) is 0.194. The zero-order chi connectivity index (χ0) is 29.2. The van der Waals surface area contributed by atoms with Gasteiger partial charge < -0.3 is 14.2 Å². The first-order valence-corrected chi connectivity index (χ1v) is 14.2. The van der Waals surface area contributed by atoms with Crippen LogP contribution in [0.5, 0.6) is 0 Å². The Labute approximate surface area is 243 Å². The highest BCUT2D eigenvalue weighted by Crippen LogP contribution is 2.53. The van der Waals surface area contributed by atoms with Crippen LogP contribution in [0.25, 0.3) is 11.0 Å². The number of para-hydroxylation sites is 1. The summed E-state index contributed by atoms with van der Waals surface area (Å²) in [7, 11) is 0. The van der Waals surface area contributed by atoms with Crippen LogP contribution in [0, 0.1) is 20.8 Å². The van der Waals surface area contributed by atoms with Crippen molar-refractivity contribution in [3.8, 4) is 0 Å². The van der Waals surface area contributed by atoms with E-state index in [9.17, 15) is 14.4 Å². The van der Waals surface area contributed by atoms with Crippen LogP contribution < -0.4 is 10.3 Å². The second kappa shape index (κ2) is 9.55. The highest BCUT2D eigenvalue weighted by Gasteiger charge is 2.64. The molecule has 0 radical (unpaired) electrons. The van der Waals surface area contributed by atoms with Gasteiger partial charge in [0.1, 0.15) is 5.58 Å². The summed E-state index contributed by atoms with van der Waals surface area (Å²) >= 11 is 0. The molecule has 2 amide bonds. The van der Waals surface area contributed by atoms with Crippen LogP contribution in [0.2, 0.25) is 0 Å². The topological polar surface area (TPSA) is 70.8 Å². The third-order valence-corrected chi connectivity index (χ3v) is 8.74. The molecule has 0 saturated carbocycles. The van der Waals surface area contributed by atoms with Crippen LogP contribution >= 0.6 is 0 Å².